The first kappa shape index (κ1) is 22.8. The van der Waals surface area contributed by atoms with Crippen LogP contribution in [0.1, 0.15) is 12.8 Å². The Labute approximate surface area is 196 Å². The number of nitrogens with one attached hydrogen (secondary N) is 1. The molecule has 0 atom stereocenters. The Bertz CT molecular complexity index is 1220. The molecule has 0 aliphatic carbocycles. The van der Waals surface area contributed by atoms with Crippen LogP contribution in [0.3, 0.4) is 0 Å². The van der Waals surface area contributed by atoms with Crippen LogP contribution in [0.4, 0.5) is 0 Å². The SMILES string of the molecule is O=C(CNS(=O)(=O)c1c(Cl)cccc1Cl)N1CCC(Oc2cccc3cccnc23)CC1. The van der Waals surface area contributed by atoms with Crippen LogP contribution < -0.4 is 9.46 Å². The Morgan fingerprint density at radius 3 is 2.44 bits per heavy atom. The van der Waals surface area contributed by atoms with Crippen LogP contribution in [0, 0.1) is 0 Å². The summed E-state index contributed by atoms with van der Waals surface area (Å²) in [6, 6.07) is 14.1. The molecular formula is C22H21Cl2N3O4S. The van der Waals surface area contributed by atoms with E-state index in [9.17, 15) is 13.2 Å². The average molecular weight is 494 g/mol. The standard InChI is InChI=1S/C22H21Cl2N3O4S/c23-17-6-2-7-18(24)22(17)32(29,30)26-14-20(28)27-12-9-16(10-13-27)31-19-8-1-4-15-5-3-11-25-21(15)19/h1-8,11,16,26H,9-10,12-14H2. The molecule has 2 aromatic carbocycles. The van der Waals surface area contributed by atoms with E-state index in [1.54, 1.807) is 17.2 Å². The number of fused-ring (bicyclic) bond motifs is 1. The van der Waals surface area contributed by atoms with Gasteiger partial charge in [-0.1, -0.05) is 47.5 Å². The summed E-state index contributed by atoms with van der Waals surface area (Å²) < 4.78 is 33.5. The summed E-state index contributed by atoms with van der Waals surface area (Å²) in [5.41, 5.74) is 0.807. The molecule has 0 bridgehead atoms. The Hall–Kier alpha value is -2.39. The largest absolute Gasteiger partial charge is 0.488 e. The van der Waals surface area contributed by atoms with Crippen molar-refractivity contribution in [2.45, 2.75) is 23.8 Å². The zero-order chi connectivity index (χ0) is 22.7. The van der Waals surface area contributed by atoms with Gasteiger partial charge in [-0.25, -0.2) is 13.1 Å². The molecule has 0 radical (unpaired) electrons. The predicted molar refractivity (Wildman–Crippen MR) is 124 cm³/mol. The van der Waals surface area contributed by atoms with Crippen molar-refractivity contribution in [1.29, 1.82) is 0 Å². The first-order chi connectivity index (χ1) is 15.3. The van der Waals surface area contributed by atoms with Gasteiger partial charge in [0, 0.05) is 37.5 Å². The minimum atomic E-state index is -4.02. The number of likely N-dealkylation sites (tertiary alicyclic amines) is 1. The molecule has 3 aromatic rings. The maximum Gasteiger partial charge on any atom is 0.244 e. The quantitative estimate of drug-likeness (QED) is 0.562. The van der Waals surface area contributed by atoms with Crippen LogP contribution in [-0.2, 0) is 14.8 Å². The fourth-order valence-electron chi connectivity index (χ4n) is 3.65. The van der Waals surface area contributed by atoms with Gasteiger partial charge in [-0.3, -0.25) is 9.78 Å². The van der Waals surface area contributed by atoms with E-state index in [4.69, 9.17) is 27.9 Å². The number of carbonyl (C=O) groups excluding carboxylic acids is 1. The van der Waals surface area contributed by atoms with Crippen molar-refractivity contribution in [2.75, 3.05) is 19.6 Å². The van der Waals surface area contributed by atoms with E-state index < -0.39 is 10.0 Å². The van der Waals surface area contributed by atoms with Crippen LogP contribution in [0.2, 0.25) is 10.0 Å². The Morgan fingerprint density at radius 1 is 1.06 bits per heavy atom. The molecule has 1 amide bonds. The second-order valence-corrected chi connectivity index (χ2v) is 9.92. The van der Waals surface area contributed by atoms with Gasteiger partial charge >= 0.3 is 0 Å². The van der Waals surface area contributed by atoms with Crippen molar-refractivity contribution in [3.63, 3.8) is 0 Å². The number of aromatic nitrogens is 1. The molecule has 1 N–H and O–H groups in total. The molecule has 2 heterocycles. The molecule has 0 saturated carbocycles. The number of halogens is 2. The van der Waals surface area contributed by atoms with Crippen LogP contribution >= 0.6 is 23.2 Å². The first-order valence-electron chi connectivity index (χ1n) is 10.1. The molecule has 0 spiro atoms. The van der Waals surface area contributed by atoms with Gasteiger partial charge in [0.2, 0.25) is 15.9 Å². The number of hydrogen-bond donors (Lipinski definition) is 1. The van der Waals surface area contributed by atoms with E-state index in [0.29, 0.717) is 25.9 Å². The molecular weight excluding hydrogens is 473 g/mol. The topological polar surface area (TPSA) is 88.6 Å². The number of amides is 1. The third-order valence-corrected chi connectivity index (χ3v) is 7.64. The number of nitrogens with zero attached hydrogens (tertiary/aromatic N) is 2. The summed E-state index contributed by atoms with van der Waals surface area (Å²) in [6.07, 6.45) is 2.95. The fourth-order valence-corrected chi connectivity index (χ4v) is 5.77. The molecule has 32 heavy (non-hydrogen) atoms. The zero-order valence-corrected chi connectivity index (χ0v) is 19.3. The number of benzene rings is 2. The molecule has 1 aliphatic rings. The van der Waals surface area contributed by atoms with E-state index in [1.807, 2.05) is 30.3 Å². The summed E-state index contributed by atoms with van der Waals surface area (Å²) in [4.78, 5) is 18.4. The Morgan fingerprint density at radius 2 is 1.72 bits per heavy atom. The molecule has 1 aliphatic heterocycles. The van der Waals surface area contributed by atoms with Gasteiger partial charge < -0.3 is 9.64 Å². The molecule has 10 heteroatoms. The van der Waals surface area contributed by atoms with Gasteiger partial charge in [0.05, 0.1) is 16.6 Å². The predicted octanol–water partition coefficient (Wildman–Crippen LogP) is 3.89. The Kier molecular flexibility index (Phi) is 6.85. The van der Waals surface area contributed by atoms with Crippen molar-refractivity contribution in [1.82, 2.24) is 14.6 Å². The van der Waals surface area contributed by atoms with Crippen molar-refractivity contribution in [3.05, 3.63) is 64.8 Å². The summed E-state index contributed by atoms with van der Waals surface area (Å²) in [6.45, 7) is 0.565. The molecule has 168 valence electrons. The van der Waals surface area contributed by atoms with Crippen LogP contribution in [0.25, 0.3) is 10.9 Å². The number of hydrogen-bond acceptors (Lipinski definition) is 5. The number of ether oxygens (including phenoxy) is 1. The maximum absolute atomic E-state index is 12.6. The lowest BCUT2D eigenvalue weighted by Gasteiger charge is -2.32. The zero-order valence-electron chi connectivity index (χ0n) is 17.0. The number of rotatable bonds is 6. The minimum absolute atomic E-state index is 0.00154. The van der Waals surface area contributed by atoms with Crippen LogP contribution in [-0.4, -0.2) is 49.9 Å². The van der Waals surface area contributed by atoms with Crippen molar-refractivity contribution in [3.8, 4) is 5.75 Å². The highest BCUT2D eigenvalue weighted by Gasteiger charge is 2.27. The number of para-hydroxylation sites is 1. The lowest BCUT2D eigenvalue weighted by molar-refractivity contribution is -0.131. The summed E-state index contributed by atoms with van der Waals surface area (Å²) >= 11 is 12.0. The second kappa shape index (κ2) is 9.62. The monoisotopic (exact) mass is 493 g/mol. The highest BCUT2D eigenvalue weighted by Crippen LogP contribution is 2.29. The van der Waals surface area contributed by atoms with Gasteiger partial charge in [-0.05, 0) is 24.3 Å². The molecule has 1 fully saturated rings. The molecule has 7 nitrogen and oxygen atoms in total. The van der Waals surface area contributed by atoms with Gasteiger partial charge in [0.25, 0.3) is 0 Å². The molecule has 4 rings (SSSR count). The van der Waals surface area contributed by atoms with Crippen molar-refractivity contribution < 1.29 is 17.9 Å². The molecule has 1 saturated heterocycles. The normalized spacial score (nSPS) is 15.1. The Balaban J connectivity index is 1.33. The number of sulfonamides is 1. The second-order valence-electron chi connectivity index (χ2n) is 7.40. The number of carbonyl (C=O) groups is 1. The maximum atomic E-state index is 12.6. The molecule has 1 aromatic heterocycles. The van der Waals surface area contributed by atoms with E-state index in [-0.39, 0.29) is 33.5 Å². The summed E-state index contributed by atoms with van der Waals surface area (Å²) in [5, 5.41) is 1.00. The van der Waals surface area contributed by atoms with E-state index >= 15 is 0 Å². The van der Waals surface area contributed by atoms with Gasteiger partial charge in [-0.15, -0.1) is 0 Å². The van der Waals surface area contributed by atoms with Crippen molar-refractivity contribution in [2.24, 2.45) is 0 Å². The third-order valence-electron chi connectivity index (χ3n) is 5.29. The molecule has 0 unspecified atom stereocenters. The van der Waals surface area contributed by atoms with Gasteiger partial charge in [0.15, 0.2) is 0 Å². The number of piperidine rings is 1. The van der Waals surface area contributed by atoms with E-state index in [2.05, 4.69) is 9.71 Å². The first-order valence-corrected chi connectivity index (χ1v) is 12.3. The van der Waals surface area contributed by atoms with E-state index in [0.717, 1.165) is 16.7 Å². The van der Waals surface area contributed by atoms with E-state index in [1.165, 1.54) is 12.1 Å². The van der Waals surface area contributed by atoms with Gasteiger partial charge in [-0.2, -0.15) is 0 Å². The third kappa shape index (κ3) is 4.99. The summed E-state index contributed by atoms with van der Waals surface area (Å²) in [5.74, 6) is 0.402. The highest BCUT2D eigenvalue weighted by atomic mass is 35.5. The van der Waals surface area contributed by atoms with Crippen molar-refractivity contribution >= 4 is 50.0 Å². The smallest absolute Gasteiger partial charge is 0.244 e. The minimum Gasteiger partial charge on any atom is -0.488 e. The number of pyridine rings is 1. The average Bonchev–Trinajstić information content (AvgIpc) is 2.78. The van der Waals surface area contributed by atoms with Crippen LogP contribution in [0.5, 0.6) is 5.75 Å². The lowest BCUT2D eigenvalue weighted by Crippen LogP contribution is -2.46. The fraction of sp³-hybridized carbons (Fsp3) is 0.273. The lowest BCUT2D eigenvalue weighted by atomic mass is 10.1. The van der Waals surface area contributed by atoms with Crippen LogP contribution in [0.15, 0.2) is 59.6 Å². The highest BCUT2D eigenvalue weighted by molar-refractivity contribution is 7.89. The van der Waals surface area contributed by atoms with Gasteiger partial charge in [0.1, 0.15) is 22.3 Å². The summed E-state index contributed by atoms with van der Waals surface area (Å²) in [7, 11) is -4.02.